The molecule has 2 aromatic heterocycles. The van der Waals surface area contributed by atoms with Gasteiger partial charge < -0.3 is 4.90 Å². The molecule has 3 rings (SSSR count). The Hall–Kier alpha value is -2.09. The second kappa shape index (κ2) is 8.07. The Bertz CT molecular complexity index is 746. The van der Waals surface area contributed by atoms with Crippen molar-refractivity contribution in [2.24, 2.45) is 0 Å². The number of amides is 1. The van der Waals surface area contributed by atoms with E-state index in [1.807, 2.05) is 17.5 Å². The lowest BCUT2D eigenvalue weighted by Gasteiger charge is -2.28. The quantitative estimate of drug-likeness (QED) is 0.692. The molecule has 0 saturated heterocycles. The summed E-state index contributed by atoms with van der Waals surface area (Å²) in [6.07, 6.45) is 4.21. The van der Waals surface area contributed by atoms with Gasteiger partial charge in [0, 0.05) is 29.7 Å². The van der Waals surface area contributed by atoms with Crippen molar-refractivity contribution in [3.63, 3.8) is 0 Å². The lowest BCUT2D eigenvalue weighted by molar-refractivity contribution is -0.141. The molecule has 2 heterocycles. The summed E-state index contributed by atoms with van der Waals surface area (Å²) in [5, 5.41) is 5.50. The molecule has 0 aromatic carbocycles. The monoisotopic (exact) mass is 383 g/mol. The van der Waals surface area contributed by atoms with Gasteiger partial charge in [0.1, 0.15) is 0 Å². The molecule has 1 aliphatic rings. The summed E-state index contributed by atoms with van der Waals surface area (Å²) in [7, 11) is 0. The van der Waals surface area contributed by atoms with Crippen LogP contribution in [0.25, 0.3) is 6.08 Å². The van der Waals surface area contributed by atoms with E-state index in [4.69, 9.17) is 0 Å². The van der Waals surface area contributed by atoms with E-state index >= 15 is 0 Å². The number of nitrogens with zero attached hydrogens (tertiary/aromatic N) is 3. The minimum atomic E-state index is -4.45. The third kappa shape index (κ3) is 4.75. The number of carbonyl (C=O) groups is 1. The van der Waals surface area contributed by atoms with Crippen molar-refractivity contribution in [3.05, 3.63) is 46.4 Å². The summed E-state index contributed by atoms with van der Waals surface area (Å²) >= 11 is 1.55. The largest absolute Gasteiger partial charge is 0.435 e. The van der Waals surface area contributed by atoms with Crippen molar-refractivity contribution in [3.8, 4) is 0 Å². The highest BCUT2D eigenvalue weighted by atomic mass is 32.1. The number of carbonyl (C=O) groups excluding carboxylic acids is 1. The van der Waals surface area contributed by atoms with Crippen LogP contribution in [0.2, 0.25) is 0 Å². The smallest absolute Gasteiger partial charge is 0.334 e. The van der Waals surface area contributed by atoms with Gasteiger partial charge in [-0.2, -0.15) is 18.3 Å². The zero-order valence-electron chi connectivity index (χ0n) is 14.2. The van der Waals surface area contributed by atoms with Crippen LogP contribution in [0.3, 0.4) is 0 Å². The zero-order valence-corrected chi connectivity index (χ0v) is 15.0. The van der Waals surface area contributed by atoms with Crippen molar-refractivity contribution < 1.29 is 18.0 Å². The third-order valence-electron chi connectivity index (χ3n) is 4.48. The Morgan fingerprint density at radius 1 is 1.35 bits per heavy atom. The van der Waals surface area contributed by atoms with Crippen LogP contribution in [0.4, 0.5) is 13.2 Å². The molecule has 1 amide bonds. The molecule has 0 atom stereocenters. The number of rotatable bonds is 6. The molecule has 2 aromatic rings. The van der Waals surface area contributed by atoms with Crippen molar-refractivity contribution >= 4 is 23.3 Å². The fourth-order valence-corrected chi connectivity index (χ4v) is 3.79. The lowest BCUT2D eigenvalue weighted by atomic mass is 10.2. The molecule has 8 heteroatoms. The van der Waals surface area contributed by atoms with Crippen LogP contribution >= 0.6 is 11.3 Å². The zero-order chi connectivity index (χ0) is 18.6. The first-order valence-electron chi connectivity index (χ1n) is 8.56. The van der Waals surface area contributed by atoms with Crippen LogP contribution in [0, 0.1) is 0 Å². The van der Waals surface area contributed by atoms with Crippen LogP contribution in [0.1, 0.15) is 36.3 Å². The summed E-state index contributed by atoms with van der Waals surface area (Å²) in [6, 6.07) is 4.95. The minimum Gasteiger partial charge on any atom is -0.334 e. The third-order valence-corrected chi connectivity index (χ3v) is 5.32. The predicted octanol–water partition coefficient (Wildman–Crippen LogP) is 4.45. The molecular formula is C18H20F3N3OS. The summed E-state index contributed by atoms with van der Waals surface area (Å²) in [5.74, 6) is -0.103. The number of alkyl halides is 3. The second-order valence-corrected chi connectivity index (χ2v) is 7.26. The van der Waals surface area contributed by atoms with Crippen LogP contribution in [-0.4, -0.2) is 33.2 Å². The van der Waals surface area contributed by atoms with Crippen molar-refractivity contribution in [1.29, 1.82) is 0 Å². The Morgan fingerprint density at radius 3 is 2.73 bits per heavy atom. The van der Waals surface area contributed by atoms with Gasteiger partial charge in [-0.3, -0.25) is 9.48 Å². The van der Waals surface area contributed by atoms with Crippen molar-refractivity contribution in [2.45, 2.75) is 44.4 Å². The molecule has 0 radical (unpaired) electrons. The highest BCUT2D eigenvalue weighted by Crippen LogP contribution is 2.27. The summed E-state index contributed by atoms with van der Waals surface area (Å²) in [6.45, 7) is 0.586. The van der Waals surface area contributed by atoms with E-state index in [1.54, 1.807) is 28.4 Å². The average molecular weight is 383 g/mol. The van der Waals surface area contributed by atoms with E-state index in [2.05, 4.69) is 5.10 Å². The van der Waals surface area contributed by atoms with Gasteiger partial charge in [-0.15, -0.1) is 11.3 Å². The predicted molar refractivity (Wildman–Crippen MR) is 94.6 cm³/mol. The standard InChI is InChI=1S/C18H20F3N3OS/c19-18(20,21)16-9-10-23(22-16)11-12-24(14-4-1-2-5-14)17(25)8-7-15-6-3-13-26-15/h3,6-10,13-14H,1-2,4-5,11-12H2/b8-7+. The normalized spacial score (nSPS) is 15.8. The maximum atomic E-state index is 12.7. The highest BCUT2D eigenvalue weighted by molar-refractivity contribution is 7.10. The second-order valence-electron chi connectivity index (χ2n) is 6.28. The molecule has 140 valence electrons. The number of halogens is 3. The maximum Gasteiger partial charge on any atom is 0.435 e. The molecule has 0 aliphatic heterocycles. The fraction of sp³-hybridized carbons (Fsp3) is 0.444. The van der Waals surface area contributed by atoms with E-state index in [1.165, 1.54) is 10.9 Å². The first-order chi connectivity index (χ1) is 12.4. The maximum absolute atomic E-state index is 12.7. The molecule has 4 nitrogen and oxygen atoms in total. The van der Waals surface area contributed by atoms with Gasteiger partial charge in [-0.1, -0.05) is 18.9 Å². The SMILES string of the molecule is O=C(/C=C/c1cccs1)N(CCn1ccc(C(F)(F)F)n1)C1CCCC1. The molecule has 0 unspecified atom stereocenters. The van der Waals surface area contributed by atoms with Crippen molar-refractivity contribution in [2.75, 3.05) is 6.54 Å². The lowest BCUT2D eigenvalue weighted by Crippen LogP contribution is -2.40. The van der Waals surface area contributed by atoms with Gasteiger partial charge >= 0.3 is 6.18 Å². The van der Waals surface area contributed by atoms with Gasteiger partial charge in [0.05, 0.1) is 6.54 Å². The van der Waals surface area contributed by atoms with Gasteiger partial charge in [0.15, 0.2) is 5.69 Å². The van der Waals surface area contributed by atoms with Crippen molar-refractivity contribution in [1.82, 2.24) is 14.7 Å². The van der Waals surface area contributed by atoms with Gasteiger partial charge in [-0.25, -0.2) is 0 Å². The Balaban J connectivity index is 1.66. The fourth-order valence-electron chi connectivity index (χ4n) is 3.17. The van der Waals surface area contributed by atoms with Gasteiger partial charge in [0.25, 0.3) is 0 Å². The van der Waals surface area contributed by atoms with Gasteiger partial charge in [0.2, 0.25) is 5.91 Å². The van der Waals surface area contributed by atoms with Crippen LogP contribution < -0.4 is 0 Å². The van der Waals surface area contributed by atoms with E-state index in [9.17, 15) is 18.0 Å². The highest BCUT2D eigenvalue weighted by Gasteiger charge is 2.33. The van der Waals surface area contributed by atoms with Crippen LogP contribution in [0.15, 0.2) is 35.9 Å². The van der Waals surface area contributed by atoms with E-state index in [-0.39, 0.29) is 18.5 Å². The number of thiophene rings is 1. The molecule has 1 saturated carbocycles. The summed E-state index contributed by atoms with van der Waals surface area (Å²) in [4.78, 5) is 15.4. The molecular weight excluding hydrogens is 363 g/mol. The minimum absolute atomic E-state index is 0.103. The van der Waals surface area contributed by atoms with E-state index in [0.717, 1.165) is 36.6 Å². The first kappa shape index (κ1) is 18.7. The van der Waals surface area contributed by atoms with Gasteiger partial charge in [-0.05, 0) is 36.4 Å². The van der Waals surface area contributed by atoms with E-state index < -0.39 is 11.9 Å². The first-order valence-corrected chi connectivity index (χ1v) is 9.44. The summed E-state index contributed by atoms with van der Waals surface area (Å²) < 4.78 is 39.2. The number of aromatic nitrogens is 2. The number of hydrogen-bond acceptors (Lipinski definition) is 3. The van der Waals surface area contributed by atoms with Crippen LogP contribution in [0.5, 0.6) is 0 Å². The Morgan fingerprint density at radius 2 is 2.12 bits per heavy atom. The molecule has 0 N–H and O–H groups in total. The number of hydrogen-bond donors (Lipinski definition) is 0. The Labute approximate surface area is 153 Å². The Kier molecular flexibility index (Phi) is 5.80. The molecule has 1 aliphatic carbocycles. The molecule has 1 fully saturated rings. The van der Waals surface area contributed by atoms with E-state index in [0.29, 0.717) is 6.54 Å². The molecule has 26 heavy (non-hydrogen) atoms. The average Bonchev–Trinajstić information content (AvgIpc) is 3.34. The topological polar surface area (TPSA) is 38.1 Å². The van der Waals surface area contributed by atoms with Crippen LogP contribution in [-0.2, 0) is 17.5 Å². The summed E-state index contributed by atoms with van der Waals surface area (Å²) in [5.41, 5.74) is -0.908. The molecule has 0 bridgehead atoms. The molecule has 0 spiro atoms.